The summed E-state index contributed by atoms with van der Waals surface area (Å²) >= 11 is 6.62. The monoisotopic (exact) mass is 924 g/mol. The van der Waals surface area contributed by atoms with Crippen molar-refractivity contribution in [1.82, 2.24) is 34.4 Å². The van der Waals surface area contributed by atoms with E-state index in [1.54, 1.807) is 6.07 Å². The summed E-state index contributed by atoms with van der Waals surface area (Å²) < 4.78 is 119. The molecule has 3 aromatic heterocycles. The van der Waals surface area contributed by atoms with Crippen LogP contribution in [0.25, 0.3) is 38.6 Å². The van der Waals surface area contributed by atoms with Crippen molar-refractivity contribution < 1.29 is 49.5 Å². The van der Waals surface area contributed by atoms with E-state index in [9.17, 15) is 40.7 Å². The molecule has 330 valence electrons. The van der Waals surface area contributed by atoms with E-state index in [4.69, 9.17) is 16.6 Å². The summed E-state index contributed by atoms with van der Waals surface area (Å²) in [6.07, 6.45) is -2.87. The molecule has 14 nitrogen and oxygen atoms in total. The lowest BCUT2D eigenvalue weighted by Crippen LogP contribution is -2.38. The molecule has 22 heteroatoms. The fraction of sp³-hybridized carbons (Fsp3) is 0.238. The number of carboxylic acid groups (broad SMARTS) is 1. The molecule has 0 saturated heterocycles. The van der Waals surface area contributed by atoms with E-state index >= 15 is 13.6 Å². The number of aromatic carboxylic acids is 1. The van der Waals surface area contributed by atoms with Crippen LogP contribution in [0.4, 0.5) is 32.2 Å². The normalized spacial score (nSPS) is 16.8. The van der Waals surface area contributed by atoms with Crippen LogP contribution < -0.4 is 15.6 Å². The summed E-state index contributed by atoms with van der Waals surface area (Å²) in [7, 11) is -2.51. The van der Waals surface area contributed by atoms with Gasteiger partial charge < -0.3 is 10.4 Å². The SMILES string of the molecule is Cn1nc(NS(C)(=O)=O)c2c(Cl)ccc(-n3c([C@H](Cc4cc(F)cc(F)c4)NC(=O)Cn4nc(C(F)F)c5c4C(F)(F)C4CC54)nc4cc(-c5ccc(C(=O)O)cc5)ccc4c3=O)c21. The summed E-state index contributed by atoms with van der Waals surface area (Å²) in [5, 5.41) is 20.1. The Morgan fingerprint density at radius 1 is 0.984 bits per heavy atom. The molecule has 9 rings (SSSR count). The zero-order valence-electron chi connectivity index (χ0n) is 33.1. The van der Waals surface area contributed by atoms with E-state index in [2.05, 4.69) is 20.2 Å². The number of sulfonamides is 1. The van der Waals surface area contributed by atoms with Crippen LogP contribution in [-0.2, 0) is 40.8 Å². The van der Waals surface area contributed by atoms with E-state index in [1.165, 1.54) is 60.3 Å². The molecule has 1 amide bonds. The summed E-state index contributed by atoms with van der Waals surface area (Å²) in [6, 6.07) is 14.0. The summed E-state index contributed by atoms with van der Waals surface area (Å²) in [5.41, 5.74) is -1.79. The Morgan fingerprint density at radius 3 is 2.33 bits per heavy atom. The number of hydrogen-bond donors (Lipinski definition) is 3. The van der Waals surface area contributed by atoms with Crippen LogP contribution in [0, 0.1) is 17.6 Å². The maximum Gasteiger partial charge on any atom is 0.335 e. The summed E-state index contributed by atoms with van der Waals surface area (Å²) in [5.74, 6) is -10.4. The predicted molar refractivity (Wildman–Crippen MR) is 220 cm³/mol. The van der Waals surface area contributed by atoms with Crippen molar-refractivity contribution in [3.8, 4) is 16.8 Å². The maximum absolute atomic E-state index is 15.5. The first-order chi connectivity index (χ1) is 30.2. The summed E-state index contributed by atoms with van der Waals surface area (Å²) in [6.45, 7) is -1.01. The van der Waals surface area contributed by atoms with Gasteiger partial charge in [-0.25, -0.2) is 35.8 Å². The number of rotatable bonds is 12. The molecular weight excluding hydrogens is 894 g/mol. The van der Waals surface area contributed by atoms with Crippen molar-refractivity contribution in [2.75, 3.05) is 11.0 Å². The molecule has 3 heterocycles. The minimum Gasteiger partial charge on any atom is -0.478 e. The van der Waals surface area contributed by atoms with Gasteiger partial charge in [0, 0.05) is 31.0 Å². The predicted octanol–water partition coefficient (Wildman–Crippen LogP) is 7.38. The van der Waals surface area contributed by atoms with Crippen LogP contribution in [0.15, 0.2) is 77.6 Å². The van der Waals surface area contributed by atoms with Gasteiger partial charge in [0.2, 0.25) is 15.9 Å². The number of hydrogen-bond acceptors (Lipinski definition) is 8. The number of anilines is 1. The average molecular weight is 925 g/mol. The first-order valence-electron chi connectivity index (χ1n) is 19.2. The molecule has 1 saturated carbocycles. The second-order valence-corrected chi connectivity index (χ2v) is 17.8. The quantitative estimate of drug-likeness (QED) is 0.105. The highest BCUT2D eigenvalue weighted by molar-refractivity contribution is 7.92. The Balaban J connectivity index is 1.25. The highest BCUT2D eigenvalue weighted by atomic mass is 35.5. The lowest BCUT2D eigenvalue weighted by molar-refractivity contribution is -0.123. The van der Waals surface area contributed by atoms with E-state index in [0.717, 1.165) is 23.0 Å². The molecule has 3 N–H and O–H groups in total. The Hall–Kier alpha value is -6.74. The smallest absolute Gasteiger partial charge is 0.335 e. The third-order valence-corrected chi connectivity index (χ3v) is 12.1. The Morgan fingerprint density at radius 2 is 1.67 bits per heavy atom. The molecule has 2 aliphatic rings. The number of alkyl halides is 4. The Labute approximate surface area is 362 Å². The van der Waals surface area contributed by atoms with Gasteiger partial charge in [-0.1, -0.05) is 29.8 Å². The van der Waals surface area contributed by atoms with Crippen molar-refractivity contribution in [2.45, 2.75) is 43.7 Å². The van der Waals surface area contributed by atoms with Crippen LogP contribution in [0.1, 0.15) is 63.5 Å². The van der Waals surface area contributed by atoms with Gasteiger partial charge in [-0.15, -0.1) is 0 Å². The number of amides is 1. The molecular formula is C42H31ClF6N8O6S. The van der Waals surface area contributed by atoms with Crippen molar-refractivity contribution in [3.05, 3.63) is 134 Å². The van der Waals surface area contributed by atoms with Crippen LogP contribution >= 0.6 is 11.6 Å². The van der Waals surface area contributed by atoms with Crippen LogP contribution in [0.5, 0.6) is 0 Å². The second-order valence-electron chi connectivity index (χ2n) is 15.6. The van der Waals surface area contributed by atoms with Gasteiger partial charge in [0.05, 0.1) is 50.4 Å². The van der Waals surface area contributed by atoms with Crippen molar-refractivity contribution >= 4 is 61.1 Å². The topological polar surface area (TPSA) is 183 Å². The largest absolute Gasteiger partial charge is 0.478 e. The number of carbonyl (C=O) groups excluding carboxylic acids is 1. The molecule has 0 aliphatic heterocycles. The lowest BCUT2D eigenvalue weighted by atomic mass is 10.0. The molecule has 0 bridgehead atoms. The maximum atomic E-state index is 15.5. The fourth-order valence-corrected chi connectivity index (χ4v) is 9.30. The van der Waals surface area contributed by atoms with Crippen LogP contribution in [0.2, 0.25) is 5.02 Å². The number of aromatic nitrogens is 6. The van der Waals surface area contributed by atoms with E-state index in [1.807, 2.05) is 0 Å². The summed E-state index contributed by atoms with van der Waals surface area (Å²) in [4.78, 5) is 45.6. The highest BCUT2D eigenvalue weighted by Gasteiger charge is 2.67. The lowest BCUT2D eigenvalue weighted by Gasteiger charge is -2.24. The van der Waals surface area contributed by atoms with Gasteiger partial charge in [0.25, 0.3) is 17.9 Å². The number of aryl methyl sites for hydroxylation is 1. The Bertz CT molecular complexity index is 3280. The van der Waals surface area contributed by atoms with Gasteiger partial charge in [0.1, 0.15) is 35.4 Å². The molecule has 2 unspecified atom stereocenters. The minimum atomic E-state index is -3.94. The zero-order valence-corrected chi connectivity index (χ0v) is 34.7. The highest BCUT2D eigenvalue weighted by Crippen LogP contribution is 2.68. The zero-order chi connectivity index (χ0) is 45.7. The van der Waals surface area contributed by atoms with Crippen molar-refractivity contribution in [2.24, 2.45) is 13.0 Å². The Kier molecular flexibility index (Phi) is 10.1. The number of fused-ring (bicyclic) bond motifs is 5. The number of halogens is 7. The number of carboxylic acids is 1. The van der Waals surface area contributed by atoms with Gasteiger partial charge in [0.15, 0.2) is 5.82 Å². The second kappa shape index (κ2) is 15.2. The molecule has 7 aromatic rings. The molecule has 4 aromatic carbocycles. The van der Waals surface area contributed by atoms with E-state index in [0.29, 0.717) is 21.9 Å². The molecule has 1 fully saturated rings. The van der Waals surface area contributed by atoms with Crippen LogP contribution in [-0.4, -0.2) is 60.8 Å². The average Bonchev–Trinajstić information content (AvgIpc) is 3.75. The van der Waals surface area contributed by atoms with Gasteiger partial charge >= 0.3 is 5.97 Å². The fourth-order valence-electron chi connectivity index (χ4n) is 8.56. The molecule has 64 heavy (non-hydrogen) atoms. The van der Waals surface area contributed by atoms with Gasteiger partial charge in [-0.2, -0.15) is 19.0 Å². The van der Waals surface area contributed by atoms with Crippen molar-refractivity contribution in [1.29, 1.82) is 0 Å². The van der Waals surface area contributed by atoms with Crippen LogP contribution in [0.3, 0.4) is 0 Å². The number of benzene rings is 4. The van der Waals surface area contributed by atoms with Crippen molar-refractivity contribution in [3.63, 3.8) is 0 Å². The third kappa shape index (κ3) is 7.40. The molecule has 0 spiro atoms. The molecule has 0 radical (unpaired) electrons. The third-order valence-electron chi connectivity index (χ3n) is 11.3. The number of nitrogens with one attached hydrogen (secondary N) is 2. The minimum absolute atomic E-state index is 0.00403. The molecule has 3 atom stereocenters. The van der Waals surface area contributed by atoms with Gasteiger partial charge in [-0.05, 0) is 77.6 Å². The molecule has 2 aliphatic carbocycles. The first-order valence-corrected chi connectivity index (χ1v) is 21.5. The number of nitrogens with zero attached hydrogens (tertiary/aromatic N) is 6. The number of carbonyl (C=O) groups is 2. The van der Waals surface area contributed by atoms with Gasteiger partial charge in [-0.3, -0.25) is 28.2 Å². The first kappa shape index (κ1) is 42.6. The standard InChI is InChI=1S/C42H31ClF6N8O6S/c1-55-35-30(10-9-27(43)33(35)38(53-55)54-64(2,62)63)57-39(51-28-14-21(7-8-24(28)40(57)59)19-3-5-20(6-4-19)41(60)61)29(13-18-11-22(44)15-23(45)12-18)50-31(58)17-56-36-32(34(52-56)37(46)47)25-16-26(25)42(36,48)49/h3-12,14-15,25-26,29,37H,13,16-17H2,1-2H3,(H,50,58)(H,53,54)(H,60,61)/t25?,26?,29-/m0/s1. The van der Waals surface area contributed by atoms with E-state index < -0.39 is 93.7 Å². The van der Waals surface area contributed by atoms with E-state index in [-0.39, 0.29) is 67.3 Å².